The van der Waals surface area contributed by atoms with Crippen molar-refractivity contribution < 1.29 is 14.2 Å². The molecule has 1 rings (SSSR count). The van der Waals surface area contributed by atoms with E-state index in [9.17, 15) is 0 Å². The number of hydrogen-bond donors (Lipinski definition) is 0. The minimum Gasteiger partial charge on any atom is -0.493 e. The van der Waals surface area contributed by atoms with Crippen LogP contribution in [0.4, 0.5) is 0 Å². The molecule has 4 heteroatoms. The zero-order valence-electron chi connectivity index (χ0n) is 8.98. The maximum atomic E-state index is 8.59. The summed E-state index contributed by atoms with van der Waals surface area (Å²) < 4.78 is 15.5. The molecule has 4 nitrogen and oxygen atoms in total. The van der Waals surface area contributed by atoms with Gasteiger partial charge in [0.2, 0.25) is 0 Å². The summed E-state index contributed by atoms with van der Waals surface area (Å²) in [4.78, 5) is 0. The van der Waals surface area contributed by atoms with Gasteiger partial charge in [0.1, 0.15) is 11.8 Å². The Hall–Kier alpha value is -1.89. The van der Waals surface area contributed by atoms with Crippen LogP contribution in [0.2, 0.25) is 0 Å². The van der Waals surface area contributed by atoms with Crippen LogP contribution in [-0.2, 0) is 0 Å². The van der Waals surface area contributed by atoms with Crippen LogP contribution < -0.4 is 14.2 Å². The summed E-state index contributed by atoms with van der Waals surface area (Å²) in [7, 11) is 3.12. The summed E-state index contributed by atoms with van der Waals surface area (Å²) in [6, 6.07) is 7.14. The summed E-state index contributed by atoms with van der Waals surface area (Å²) in [6.45, 7) is 1.68. The highest BCUT2D eigenvalue weighted by atomic mass is 16.5. The zero-order chi connectivity index (χ0) is 11.3. The van der Waals surface area contributed by atoms with Crippen molar-refractivity contribution in [3.63, 3.8) is 0 Å². The number of methoxy groups -OCH3 is 2. The Morgan fingerprint density at radius 1 is 1.20 bits per heavy atom. The van der Waals surface area contributed by atoms with Gasteiger partial charge in [-0.25, -0.2) is 0 Å². The van der Waals surface area contributed by atoms with Crippen molar-refractivity contribution in [1.82, 2.24) is 0 Å². The lowest BCUT2D eigenvalue weighted by atomic mass is 10.3. The topological polar surface area (TPSA) is 51.5 Å². The second-order valence-electron chi connectivity index (χ2n) is 2.91. The van der Waals surface area contributed by atoms with E-state index in [-0.39, 0.29) is 0 Å². The first kappa shape index (κ1) is 11.2. The maximum Gasteiger partial charge on any atom is 0.181 e. The molecule has 0 aliphatic rings. The zero-order valence-corrected chi connectivity index (χ0v) is 8.98. The largest absolute Gasteiger partial charge is 0.493 e. The molecule has 0 heterocycles. The monoisotopic (exact) mass is 207 g/mol. The third-order valence-electron chi connectivity index (χ3n) is 1.85. The van der Waals surface area contributed by atoms with Crippen LogP contribution in [0.25, 0.3) is 0 Å². The van der Waals surface area contributed by atoms with Gasteiger partial charge in [-0.1, -0.05) is 0 Å². The van der Waals surface area contributed by atoms with Gasteiger partial charge in [0.25, 0.3) is 0 Å². The van der Waals surface area contributed by atoms with E-state index in [1.807, 2.05) is 6.07 Å². The molecule has 0 spiro atoms. The first-order valence-electron chi connectivity index (χ1n) is 4.49. The minimum absolute atomic E-state index is 0.483. The molecule has 0 saturated heterocycles. The number of rotatable bonds is 4. The summed E-state index contributed by atoms with van der Waals surface area (Å²) in [5.74, 6) is 1.80. The van der Waals surface area contributed by atoms with Gasteiger partial charge in [-0.3, -0.25) is 0 Å². The highest BCUT2D eigenvalue weighted by molar-refractivity contribution is 5.45. The molecule has 1 unspecified atom stereocenters. The lowest BCUT2D eigenvalue weighted by molar-refractivity contribution is 0.273. The van der Waals surface area contributed by atoms with Crippen molar-refractivity contribution in [2.45, 2.75) is 13.0 Å². The van der Waals surface area contributed by atoms with Crippen LogP contribution in [0.15, 0.2) is 18.2 Å². The van der Waals surface area contributed by atoms with Crippen molar-refractivity contribution in [1.29, 1.82) is 5.26 Å². The number of hydrogen-bond acceptors (Lipinski definition) is 4. The fourth-order valence-electron chi connectivity index (χ4n) is 1.12. The molecule has 0 bridgehead atoms. The quantitative estimate of drug-likeness (QED) is 0.757. The average Bonchev–Trinajstić information content (AvgIpc) is 2.28. The van der Waals surface area contributed by atoms with Gasteiger partial charge in [-0.15, -0.1) is 0 Å². The van der Waals surface area contributed by atoms with Crippen molar-refractivity contribution in [3.05, 3.63) is 18.2 Å². The first-order valence-corrected chi connectivity index (χ1v) is 4.49. The van der Waals surface area contributed by atoms with E-state index in [2.05, 4.69) is 0 Å². The molecule has 1 atom stereocenters. The molecule has 0 amide bonds. The molecule has 0 aromatic heterocycles. The Balaban J connectivity index is 2.89. The summed E-state index contributed by atoms with van der Waals surface area (Å²) in [5, 5.41) is 8.59. The minimum atomic E-state index is -0.483. The molecular weight excluding hydrogens is 194 g/mol. The van der Waals surface area contributed by atoms with Gasteiger partial charge >= 0.3 is 0 Å². The molecule has 0 aliphatic carbocycles. The average molecular weight is 207 g/mol. The lowest BCUT2D eigenvalue weighted by Crippen LogP contribution is -2.08. The molecule has 80 valence electrons. The fraction of sp³-hybridized carbons (Fsp3) is 0.364. The molecule has 15 heavy (non-hydrogen) atoms. The van der Waals surface area contributed by atoms with Crippen molar-refractivity contribution in [2.24, 2.45) is 0 Å². The number of benzene rings is 1. The molecule has 0 N–H and O–H groups in total. The van der Waals surface area contributed by atoms with Gasteiger partial charge in [0.05, 0.1) is 14.2 Å². The van der Waals surface area contributed by atoms with E-state index in [0.717, 1.165) is 0 Å². The van der Waals surface area contributed by atoms with Gasteiger partial charge in [-0.05, 0) is 19.1 Å². The molecule has 1 aromatic carbocycles. The van der Waals surface area contributed by atoms with E-state index in [1.54, 1.807) is 39.3 Å². The fourth-order valence-corrected chi connectivity index (χ4v) is 1.12. The third kappa shape index (κ3) is 2.78. The highest BCUT2D eigenvalue weighted by Crippen LogP contribution is 2.31. The second kappa shape index (κ2) is 5.11. The van der Waals surface area contributed by atoms with Crippen LogP contribution in [0.3, 0.4) is 0 Å². The maximum absolute atomic E-state index is 8.59. The second-order valence-corrected chi connectivity index (χ2v) is 2.91. The third-order valence-corrected chi connectivity index (χ3v) is 1.85. The summed E-state index contributed by atoms with van der Waals surface area (Å²) >= 11 is 0. The summed E-state index contributed by atoms with van der Waals surface area (Å²) in [5.41, 5.74) is 0. The van der Waals surface area contributed by atoms with Gasteiger partial charge < -0.3 is 14.2 Å². The lowest BCUT2D eigenvalue weighted by Gasteiger charge is -2.11. The predicted molar refractivity (Wildman–Crippen MR) is 55.2 cm³/mol. The summed E-state index contributed by atoms with van der Waals surface area (Å²) in [6.07, 6.45) is -0.483. The smallest absolute Gasteiger partial charge is 0.181 e. The Bertz CT molecular complexity index is 371. The molecule has 0 fully saturated rings. The Morgan fingerprint density at radius 2 is 1.87 bits per heavy atom. The molecular formula is C11H13NO3. The van der Waals surface area contributed by atoms with Crippen LogP contribution in [0.5, 0.6) is 17.2 Å². The van der Waals surface area contributed by atoms with E-state index < -0.39 is 6.10 Å². The van der Waals surface area contributed by atoms with Crippen molar-refractivity contribution in [2.75, 3.05) is 14.2 Å². The highest BCUT2D eigenvalue weighted by Gasteiger charge is 2.07. The Labute approximate surface area is 89.0 Å². The van der Waals surface area contributed by atoms with E-state index in [1.165, 1.54) is 0 Å². The van der Waals surface area contributed by atoms with E-state index >= 15 is 0 Å². The number of nitriles is 1. The van der Waals surface area contributed by atoms with Gasteiger partial charge in [0.15, 0.2) is 17.6 Å². The number of ether oxygens (including phenoxy) is 3. The Morgan fingerprint density at radius 3 is 2.40 bits per heavy atom. The molecule has 0 aliphatic heterocycles. The predicted octanol–water partition coefficient (Wildman–Crippen LogP) is 1.99. The Kier molecular flexibility index (Phi) is 3.81. The van der Waals surface area contributed by atoms with Crippen LogP contribution in [0.1, 0.15) is 6.92 Å². The van der Waals surface area contributed by atoms with Gasteiger partial charge in [0, 0.05) is 6.07 Å². The molecule has 0 radical (unpaired) electrons. The van der Waals surface area contributed by atoms with E-state index in [0.29, 0.717) is 17.2 Å². The van der Waals surface area contributed by atoms with Gasteiger partial charge in [-0.2, -0.15) is 5.26 Å². The molecule has 1 aromatic rings. The van der Waals surface area contributed by atoms with Crippen molar-refractivity contribution >= 4 is 0 Å². The standard InChI is InChI=1S/C11H13NO3/c1-8(7-12)15-9-4-5-10(13-2)11(6-9)14-3/h4-6,8H,1-3H3. The van der Waals surface area contributed by atoms with Crippen LogP contribution in [0, 0.1) is 11.3 Å². The molecule has 0 saturated carbocycles. The van der Waals surface area contributed by atoms with Crippen molar-refractivity contribution in [3.8, 4) is 23.3 Å². The SMILES string of the molecule is COc1ccc(OC(C)C#N)cc1OC. The number of nitrogens with zero attached hydrogens (tertiary/aromatic N) is 1. The van der Waals surface area contributed by atoms with E-state index in [4.69, 9.17) is 19.5 Å². The first-order chi connectivity index (χ1) is 7.21. The van der Waals surface area contributed by atoms with Crippen LogP contribution >= 0.6 is 0 Å². The normalized spacial score (nSPS) is 11.3. The van der Waals surface area contributed by atoms with Crippen LogP contribution in [-0.4, -0.2) is 20.3 Å².